The Balaban J connectivity index is 1.17. The summed E-state index contributed by atoms with van der Waals surface area (Å²) < 4.78 is 2.35. The van der Waals surface area contributed by atoms with Crippen molar-refractivity contribution in [3.05, 3.63) is 218 Å². The lowest BCUT2D eigenvalue weighted by atomic mass is 9.93. The zero-order chi connectivity index (χ0) is 44.0. The highest BCUT2D eigenvalue weighted by Gasteiger charge is 2.30. The van der Waals surface area contributed by atoms with Crippen LogP contribution in [-0.2, 0) is 0 Å². The van der Waals surface area contributed by atoms with Crippen LogP contribution >= 0.6 is 0 Å². The van der Waals surface area contributed by atoms with Crippen LogP contribution < -0.4 is 14.7 Å². The van der Waals surface area contributed by atoms with E-state index in [1.54, 1.807) is 0 Å². The molecule has 0 saturated heterocycles. The van der Waals surface area contributed by atoms with Crippen molar-refractivity contribution in [1.29, 1.82) is 0 Å². The standard InChI is InChI=1S/C60H51N5/c1-41(2)49-25-11-12-26-50(49)45-35-36-61-59(37-45)65-55-30-14-13-27-53(55)54-34-33-48(39-58(54)65)64(47-24-17-23-46(38-47)63-40-62(42(3)4)56-31-15-16-32-57(56)63)60-51(43-19-7-5-8-20-43)28-18-29-52(60)44-21-9-6-10-22-44/h5-39,41-42H,40H2,1-4H3. The summed E-state index contributed by atoms with van der Waals surface area (Å²) in [7, 11) is 0. The van der Waals surface area contributed by atoms with Gasteiger partial charge in [0.1, 0.15) is 5.82 Å². The second-order valence-corrected chi connectivity index (χ2v) is 17.6. The minimum atomic E-state index is 0.352. The Morgan fingerprint density at radius 1 is 0.477 bits per heavy atom. The van der Waals surface area contributed by atoms with Crippen molar-refractivity contribution in [2.45, 2.75) is 39.7 Å². The third-order valence-corrected chi connectivity index (χ3v) is 13.0. The zero-order valence-electron chi connectivity index (χ0n) is 37.3. The van der Waals surface area contributed by atoms with E-state index in [0.29, 0.717) is 12.0 Å². The molecule has 0 N–H and O–H groups in total. The number of anilines is 6. The van der Waals surface area contributed by atoms with E-state index in [1.807, 2.05) is 6.20 Å². The number of hydrogen-bond donors (Lipinski definition) is 0. The number of hydrogen-bond acceptors (Lipinski definition) is 4. The van der Waals surface area contributed by atoms with Crippen LogP contribution in [-0.4, -0.2) is 22.3 Å². The summed E-state index contributed by atoms with van der Waals surface area (Å²) in [5.74, 6) is 1.27. The predicted molar refractivity (Wildman–Crippen MR) is 275 cm³/mol. The molecule has 0 bridgehead atoms. The number of pyridine rings is 1. The first-order valence-corrected chi connectivity index (χ1v) is 22.8. The van der Waals surface area contributed by atoms with Crippen molar-refractivity contribution in [2.24, 2.45) is 0 Å². The molecule has 1 aliphatic heterocycles. The summed E-state index contributed by atoms with van der Waals surface area (Å²) in [6, 6.07) is 75.5. The SMILES string of the molecule is CC(C)c1ccccc1-c1ccnc(-n2c3ccccc3c3ccc(N(c4cccc(N5CN(C(C)C)c6ccccc65)c4)c4c(-c5ccccc5)cccc4-c4ccccc4)cc32)c1. The predicted octanol–water partition coefficient (Wildman–Crippen LogP) is 16.1. The van der Waals surface area contributed by atoms with Gasteiger partial charge in [0.15, 0.2) is 0 Å². The van der Waals surface area contributed by atoms with E-state index < -0.39 is 0 Å². The first-order valence-electron chi connectivity index (χ1n) is 22.8. The molecule has 0 aliphatic carbocycles. The second-order valence-electron chi connectivity index (χ2n) is 17.6. The summed E-state index contributed by atoms with van der Waals surface area (Å²) in [4.78, 5) is 12.5. The molecule has 0 saturated carbocycles. The minimum Gasteiger partial charge on any atom is -0.349 e. The van der Waals surface area contributed by atoms with Gasteiger partial charge in [-0.15, -0.1) is 0 Å². The highest BCUT2D eigenvalue weighted by Crippen LogP contribution is 2.49. The lowest BCUT2D eigenvalue weighted by Crippen LogP contribution is -2.33. The largest absolute Gasteiger partial charge is 0.349 e. The van der Waals surface area contributed by atoms with Gasteiger partial charge in [0, 0.05) is 51.2 Å². The van der Waals surface area contributed by atoms with Crippen molar-refractivity contribution in [2.75, 3.05) is 21.4 Å². The van der Waals surface area contributed by atoms with Crippen LogP contribution in [0, 0.1) is 0 Å². The molecule has 0 unspecified atom stereocenters. The molecule has 0 spiro atoms. The van der Waals surface area contributed by atoms with Crippen LogP contribution in [0.1, 0.15) is 39.2 Å². The van der Waals surface area contributed by atoms with Crippen molar-refractivity contribution >= 4 is 55.9 Å². The van der Waals surface area contributed by atoms with Gasteiger partial charge in [-0.25, -0.2) is 4.98 Å². The maximum Gasteiger partial charge on any atom is 0.138 e. The van der Waals surface area contributed by atoms with Crippen LogP contribution in [0.5, 0.6) is 0 Å². The fourth-order valence-corrected chi connectivity index (χ4v) is 9.91. The third kappa shape index (κ3) is 7.10. The van der Waals surface area contributed by atoms with Crippen molar-refractivity contribution < 1.29 is 0 Å². The van der Waals surface area contributed by atoms with Crippen molar-refractivity contribution in [3.8, 4) is 39.2 Å². The molecular formula is C60H51N5. The highest BCUT2D eigenvalue weighted by atomic mass is 15.4. The Morgan fingerprint density at radius 3 is 1.83 bits per heavy atom. The summed E-state index contributed by atoms with van der Waals surface area (Å²) in [5, 5.41) is 2.37. The first kappa shape index (κ1) is 39.9. The highest BCUT2D eigenvalue weighted by molar-refractivity contribution is 6.11. The molecule has 0 amide bonds. The molecule has 0 fully saturated rings. The lowest BCUT2D eigenvalue weighted by molar-refractivity contribution is 0.709. The summed E-state index contributed by atoms with van der Waals surface area (Å²) in [6.45, 7) is 9.85. The molecule has 0 radical (unpaired) electrons. The van der Waals surface area contributed by atoms with Gasteiger partial charge in [-0.05, 0) is 108 Å². The van der Waals surface area contributed by atoms with Gasteiger partial charge in [-0.1, -0.05) is 159 Å². The van der Waals surface area contributed by atoms with Gasteiger partial charge < -0.3 is 14.7 Å². The van der Waals surface area contributed by atoms with E-state index in [0.717, 1.165) is 74.1 Å². The van der Waals surface area contributed by atoms with Gasteiger partial charge in [0.25, 0.3) is 0 Å². The van der Waals surface area contributed by atoms with Gasteiger partial charge in [0.05, 0.1) is 34.8 Å². The minimum absolute atomic E-state index is 0.352. The molecule has 2 aromatic heterocycles. The number of aromatic nitrogens is 2. The van der Waals surface area contributed by atoms with E-state index in [4.69, 9.17) is 4.98 Å². The van der Waals surface area contributed by atoms with Gasteiger partial charge >= 0.3 is 0 Å². The van der Waals surface area contributed by atoms with E-state index >= 15 is 0 Å². The number of fused-ring (bicyclic) bond motifs is 4. The molecule has 65 heavy (non-hydrogen) atoms. The second kappa shape index (κ2) is 16.7. The fraction of sp³-hybridized carbons (Fsp3) is 0.117. The number of nitrogens with zero attached hydrogens (tertiary/aromatic N) is 5. The van der Waals surface area contributed by atoms with Crippen LogP contribution in [0.25, 0.3) is 61.0 Å². The lowest BCUT2D eigenvalue weighted by Gasteiger charge is -2.32. The van der Waals surface area contributed by atoms with Crippen LogP contribution in [0.2, 0.25) is 0 Å². The Bertz CT molecular complexity index is 3270. The van der Waals surface area contributed by atoms with Crippen LogP contribution in [0.15, 0.2) is 212 Å². The molecule has 8 aromatic carbocycles. The molecular weight excluding hydrogens is 791 g/mol. The number of benzene rings is 8. The Morgan fingerprint density at radius 2 is 1.09 bits per heavy atom. The molecule has 0 atom stereocenters. The monoisotopic (exact) mass is 841 g/mol. The van der Waals surface area contributed by atoms with Crippen LogP contribution in [0.4, 0.5) is 34.1 Å². The Labute approximate surface area is 382 Å². The maximum absolute atomic E-state index is 5.11. The van der Waals surface area contributed by atoms with E-state index in [9.17, 15) is 0 Å². The fourth-order valence-electron chi connectivity index (χ4n) is 9.91. The molecule has 10 aromatic rings. The smallest absolute Gasteiger partial charge is 0.138 e. The average molecular weight is 842 g/mol. The number of rotatable bonds is 10. The van der Waals surface area contributed by atoms with E-state index in [1.165, 1.54) is 33.3 Å². The molecule has 5 nitrogen and oxygen atoms in total. The topological polar surface area (TPSA) is 27.5 Å². The maximum atomic E-state index is 5.11. The van der Waals surface area contributed by atoms with Gasteiger partial charge in [0.2, 0.25) is 0 Å². The third-order valence-electron chi connectivity index (χ3n) is 13.0. The normalized spacial score (nSPS) is 12.5. The van der Waals surface area contributed by atoms with Crippen molar-refractivity contribution in [1.82, 2.24) is 9.55 Å². The Hall–Kier alpha value is -7.89. The Kier molecular flexibility index (Phi) is 10.2. The van der Waals surface area contributed by atoms with E-state index in [-0.39, 0.29) is 0 Å². The summed E-state index contributed by atoms with van der Waals surface area (Å²) in [6.07, 6.45) is 1.96. The average Bonchev–Trinajstić information content (AvgIpc) is 3.91. The molecule has 1 aliphatic rings. The summed E-state index contributed by atoms with van der Waals surface area (Å²) >= 11 is 0. The molecule has 316 valence electrons. The first-order chi connectivity index (χ1) is 31.9. The van der Waals surface area contributed by atoms with Gasteiger partial charge in [-0.3, -0.25) is 4.57 Å². The van der Waals surface area contributed by atoms with Crippen molar-refractivity contribution in [3.63, 3.8) is 0 Å². The molecule has 11 rings (SSSR count). The molecule has 3 heterocycles. The molecule has 5 heteroatoms. The number of para-hydroxylation sites is 4. The van der Waals surface area contributed by atoms with Crippen LogP contribution in [0.3, 0.4) is 0 Å². The van der Waals surface area contributed by atoms with Gasteiger partial charge in [-0.2, -0.15) is 0 Å². The zero-order valence-corrected chi connectivity index (χ0v) is 37.3. The summed E-state index contributed by atoms with van der Waals surface area (Å²) in [5.41, 5.74) is 17.4. The van der Waals surface area contributed by atoms with E-state index in [2.05, 4.69) is 253 Å². The quantitative estimate of drug-likeness (QED) is 0.137.